The van der Waals surface area contributed by atoms with Gasteiger partial charge in [-0.1, -0.05) is 6.07 Å². The average molecular weight is 300 g/mol. The van der Waals surface area contributed by atoms with Gasteiger partial charge in [-0.15, -0.1) is 0 Å². The van der Waals surface area contributed by atoms with E-state index in [2.05, 4.69) is 12.1 Å². The van der Waals surface area contributed by atoms with E-state index >= 15 is 0 Å². The Bertz CT molecular complexity index is 665. The minimum absolute atomic E-state index is 0.221. The zero-order valence-corrected chi connectivity index (χ0v) is 12.9. The van der Waals surface area contributed by atoms with Crippen LogP contribution in [-0.2, 0) is 20.7 Å². The fraction of sp³-hybridized carbons (Fsp3) is 0.556. The second-order valence-electron chi connectivity index (χ2n) is 7.02. The number of methoxy groups -OCH3 is 1. The van der Waals surface area contributed by atoms with Gasteiger partial charge in [0, 0.05) is 0 Å². The molecule has 1 saturated heterocycles. The number of carbonyl (C=O) groups is 2. The maximum absolute atomic E-state index is 12.2. The molecule has 0 spiro atoms. The molecule has 4 heteroatoms. The number of benzene rings is 1. The first-order valence-electron chi connectivity index (χ1n) is 7.97. The van der Waals surface area contributed by atoms with Gasteiger partial charge in [-0.2, -0.15) is 0 Å². The van der Waals surface area contributed by atoms with E-state index in [1.165, 1.54) is 11.1 Å². The highest BCUT2D eigenvalue weighted by molar-refractivity contribution is 5.99. The van der Waals surface area contributed by atoms with Gasteiger partial charge in [0.1, 0.15) is 5.75 Å². The zero-order valence-electron chi connectivity index (χ0n) is 12.9. The lowest BCUT2D eigenvalue weighted by atomic mass is 9.55. The van der Waals surface area contributed by atoms with Crippen LogP contribution in [0.15, 0.2) is 18.2 Å². The molecular weight excluding hydrogens is 280 g/mol. The van der Waals surface area contributed by atoms with Crippen molar-refractivity contribution in [1.29, 1.82) is 0 Å². The summed E-state index contributed by atoms with van der Waals surface area (Å²) in [5.74, 6) is 0.563. The molecule has 116 valence electrons. The van der Waals surface area contributed by atoms with Crippen molar-refractivity contribution in [3.05, 3.63) is 29.3 Å². The van der Waals surface area contributed by atoms with E-state index in [1.807, 2.05) is 13.0 Å². The highest BCUT2D eigenvalue weighted by atomic mass is 16.6. The summed E-state index contributed by atoms with van der Waals surface area (Å²) in [5, 5.41) is 0. The van der Waals surface area contributed by atoms with E-state index in [0.717, 1.165) is 31.4 Å². The van der Waals surface area contributed by atoms with Gasteiger partial charge in [0.2, 0.25) is 0 Å². The summed E-state index contributed by atoms with van der Waals surface area (Å²) in [5.41, 5.74) is 2.04. The molecule has 2 aliphatic carbocycles. The van der Waals surface area contributed by atoms with Crippen LogP contribution in [0.2, 0.25) is 0 Å². The second kappa shape index (κ2) is 4.58. The Morgan fingerprint density at radius 1 is 1.27 bits per heavy atom. The van der Waals surface area contributed by atoms with Crippen LogP contribution < -0.4 is 4.74 Å². The second-order valence-corrected chi connectivity index (χ2v) is 7.02. The Balaban J connectivity index is 1.74. The number of carbonyl (C=O) groups excluding carboxylic acids is 2. The SMILES string of the molecule is COc1ccc2c(c1)CCC1C2CCC2(C)C(=O)OC(=O)C12. The van der Waals surface area contributed by atoms with Gasteiger partial charge in [0.15, 0.2) is 0 Å². The van der Waals surface area contributed by atoms with Crippen molar-refractivity contribution in [1.82, 2.24) is 0 Å². The van der Waals surface area contributed by atoms with E-state index in [1.54, 1.807) is 7.11 Å². The number of hydrogen-bond acceptors (Lipinski definition) is 4. The topological polar surface area (TPSA) is 52.6 Å². The summed E-state index contributed by atoms with van der Waals surface area (Å²) in [6.07, 6.45) is 3.55. The monoisotopic (exact) mass is 300 g/mol. The van der Waals surface area contributed by atoms with Gasteiger partial charge in [0.25, 0.3) is 0 Å². The highest BCUT2D eigenvalue weighted by Crippen LogP contribution is 2.57. The van der Waals surface area contributed by atoms with Crippen LogP contribution in [-0.4, -0.2) is 19.0 Å². The van der Waals surface area contributed by atoms with Crippen LogP contribution >= 0.6 is 0 Å². The molecule has 22 heavy (non-hydrogen) atoms. The van der Waals surface area contributed by atoms with Crippen molar-refractivity contribution in [3.63, 3.8) is 0 Å². The predicted octanol–water partition coefficient (Wildman–Crippen LogP) is 2.84. The minimum atomic E-state index is -0.609. The molecule has 4 nitrogen and oxygen atoms in total. The van der Waals surface area contributed by atoms with Gasteiger partial charge < -0.3 is 9.47 Å². The molecule has 0 bridgehead atoms. The quantitative estimate of drug-likeness (QED) is 0.591. The normalized spacial score (nSPS) is 36.2. The molecule has 2 fully saturated rings. The molecule has 1 aromatic rings. The van der Waals surface area contributed by atoms with Crippen molar-refractivity contribution >= 4 is 11.9 Å². The molecule has 0 N–H and O–H groups in total. The van der Waals surface area contributed by atoms with Crippen molar-refractivity contribution in [2.75, 3.05) is 7.11 Å². The third-order valence-electron chi connectivity index (χ3n) is 6.02. The van der Waals surface area contributed by atoms with E-state index in [9.17, 15) is 9.59 Å². The van der Waals surface area contributed by atoms with Gasteiger partial charge >= 0.3 is 11.9 Å². The van der Waals surface area contributed by atoms with Crippen molar-refractivity contribution in [2.45, 2.75) is 38.5 Å². The summed E-state index contributed by atoms with van der Waals surface area (Å²) >= 11 is 0. The van der Waals surface area contributed by atoms with Crippen LogP contribution in [0, 0.1) is 17.3 Å². The number of rotatable bonds is 1. The molecule has 1 saturated carbocycles. The maximum atomic E-state index is 12.2. The molecule has 0 aromatic heterocycles. The highest BCUT2D eigenvalue weighted by Gasteiger charge is 2.61. The number of cyclic esters (lactones) is 2. The van der Waals surface area contributed by atoms with Crippen LogP contribution in [0.5, 0.6) is 5.75 Å². The van der Waals surface area contributed by atoms with Crippen LogP contribution in [0.25, 0.3) is 0 Å². The lowest BCUT2D eigenvalue weighted by Crippen LogP contribution is -2.44. The summed E-state index contributed by atoms with van der Waals surface area (Å²) in [6.45, 7) is 1.91. The summed E-state index contributed by atoms with van der Waals surface area (Å²) in [6, 6.07) is 6.24. The molecule has 1 heterocycles. The fourth-order valence-electron chi connectivity index (χ4n) is 4.83. The first-order chi connectivity index (χ1) is 10.5. The molecule has 4 rings (SSSR count). The van der Waals surface area contributed by atoms with Crippen LogP contribution in [0.1, 0.15) is 43.2 Å². The fourth-order valence-corrected chi connectivity index (χ4v) is 4.83. The predicted molar refractivity (Wildman–Crippen MR) is 79.5 cm³/mol. The molecule has 4 unspecified atom stereocenters. The number of aryl methyl sites for hydroxylation is 1. The van der Waals surface area contributed by atoms with Crippen LogP contribution in [0.3, 0.4) is 0 Å². The number of ether oxygens (including phenoxy) is 2. The Morgan fingerprint density at radius 2 is 2.09 bits per heavy atom. The lowest BCUT2D eigenvalue weighted by Gasteiger charge is -2.45. The molecule has 3 aliphatic rings. The van der Waals surface area contributed by atoms with E-state index in [4.69, 9.17) is 9.47 Å². The first-order valence-corrected chi connectivity index (χ1v) is 7.97. The number of esters is 2. The van der Waals surface area contributed by atoms with Crippen molar-refractivity contribution in [2.24, 2.45) is 17.3 Å². The minimum Gasteiger partial charge on any atom is -0.497 e. The summed E-state index contributed by atoms with van der Waals surface area (Å²) in [4.78, 5) is 24.3. The molecule has 0 amide bonds. The molecular formula is C18H20O4. The summed E-state index contributed by atoms with van der Waals surface area (Å²) < 4.78 is 10.3. The first kappa shape index (κ1) is 13.8. The van der Waals surface area contributed by atoms with E-state index in [-0.39, 0.29) is 23.8 Å². The summed E-state index contributed by atoms with van der Waals surface area (Å²) in [7, 11) is 1.68. The van der Waals surface area contributed by atoms with Gasteiger partial charge in [0.05, 0.1) is 18.4 Å². The Kier molecular flexibility index (Phi) is 2.87. The number of hydrogen-bond donors (Lipinski definition) is 0. The average Bonchev–Trinajstić information content (AvgIpc) is 2.76. The largest absolute Gasteiger partial charge is 0.497 e. The molecule has 0 radical (unpaired) electrons. The van der Waals surface area contributed by atoms with Crippen molar-refractivity contribution < 1.29 is 19.1 Å². The third kappa shape index (κ3) is 1.70. The maximum Gasteiger partial charge on any atom is 0.320 e. The van der Waals surface area contributed by atoms with Gasteiger partial charge in [-0.05, 0) is 67.7 Å². The lowest BCUT2D eigenvalue weighted by molar-refractivity contribution is -0.155. The zero-order chi connectivity index (χ0) is 15.5. The smallest absolute Gasteiger partial charge is 0.320 e. The number of fused-ring (bicyclic) bond motifs is 5. The third-order valence-corrected chi connectivity index (χ3v) is 6.02. The Labute approximate surface area is 129 Å². The van der Waals surface area contributed by atoms with E-state index < -0.39 is 5.41 Å². The van der Waals surface area contributed by atoms with Crippen molar-refractivity contribution in [3.8, 4) is 5.75 Å². The molecule has 1 aliphatic heterocycles. The van der Waals surface area contributed by atoms with Crippen LogP contribution in [0.4, 0.5) is 0 Å². The Morgan fingerprint density at radius 3 is 2.86 bits per heavy atom. The van der Waals surface area contributed by atoms with E-state index in [0.29, 0.717) is 5.92 Å². The van der Waals surface area contributed by atoms with Gasteiger partial charge in [-0.3, -0.25) is 9.59 Å². The van der Waals surface area contributed by atoms with Gasteiger partial charge in [-0.25, -0.2) is 0 Å². The molecule has 4 atom stereocenters. The molecule has 1 aromatic carbocycles. The Hall–Kier alpha value is -1.84. The standard InChI is InChI=1S/C18H20O4/c1-18-8-7-13-12-6-4-11(21-2)9-10(12)3-5-14(13)15(18)16(19)22-17(18)20/h4,6,9,13-15H,3,5,7-8H2,1-2H3.